The first-order chi connectivity index (χ1) is 8.54. The molecule has 0 aliphatic carbocycles. The first kappa shape index (κ1) is 17.4. The number of rotatable bonds is 10. The van der Waals surface area contributed by atoms with Gasteiger partial charge in [0.15, 0.2) is 0 Å². The minimum absolute atomic E-state index is 0.0564. The van der Waals surface area contributed by atoms with E-state index in [0.717, 1.165) is 32.5 Å². The lowest BCUT2D eigenvalue weighted by Gasteiger charge is -2.29. The van der Waals surface area contributed by atoms with Crippen molar-refractivity contribution < 1.29 is 4.74 Å². The number of nitriles is 1. The minimum Gasteiger partial charge on any atom is -0.383 e. The number of nitrogens with zero attached hydrogens (tertiary/aromatic N) is 2. The molecule has 0 aliphatic rings. The second-order valence-electron chi connectivity index (χ2n) is 5.08. The van der Waals surface area contributed by atoms with Crippen LogP contribution in [-0.4, -0.2) is 49.8 Å². The molecule has 0 rings (SSSR count). The van der Waals surface area contributed by atoms with Crippen molar-refractivity contribution in [1.29, 1.82) is 5.26 Å². The monoisotopic (exact) mass is 255 g/mol. The van der Waals surface area contributed by atoms with Gasteiger partial charge >= 0.3 is 0 Å². The molecule has 0 aromatic rings. The second kappa shape index (κ2) is 10.3. The van der Waals surface area contributed by atoms with Crippen LogP contribution in [0.2, 0.25) is 0 Å². The first-order valence-electron chi connectivity index (χ1n) is 6.93. The van der Waals surface area contributed by atoms with Gasteiger partial charge < -0.3 is 4.74 Å². The Morgan fingerprint density at radius 3 is 2.39 bits per heavy atom. The van der Waals surface area contributed by atoms with Gasteiger partial charge in [-0.25, -0.2) is 0 Å². The molecule has 0 radical (unpaired) electrons. The van der Waals surface area contributed by atoms with E-state index in [-0.39, 0.29) is 6.04 Å². The van der Waals surface area contributed by atoms with E-state index >= 15 is 0 Å². The van der Waals surface area contributed by atoms with Crippen molar-refractivity contribution in [1.82, 2.24) is 10.2 Å². The Balaban J connectivity index is 4.18. The predicted molar refractivity (Wildman–Crippen MR) is 75.5 cm³/mol. The maximum absolute atomic E-state index is 9.10. The summed E-state index contributed by atoms with van der Waals surface area (Å²) in [7, 11) is 1.73. The molecule has 0 fully saturated rings. The zero-order valence-electron chi connectivity index (χ0n) is 12.6. The summed E-state index contributed by atoms with van der Waals surface area (Å²) in [6.45, 7) is 11.2. The van der Waals surface area contributed by atoms with Gasteiger partial charge in [-0.3, -0.25) is 10.2 Å². The topological polar surface area (TPSA) is 48.3 Å². The maximum Gasteiger partial charge on any atom is 0.0967 e. The Kier molecular flexibility index (Phi) is 9.95. The third-order valence-electron chi connectivity index (χ3n) is 3.19. The summed E-state index contributed by atoms with van der Waals surface area (Å²) in [5.74, 6) is 0. The summed E-state index contributed by atoms with van der Waals surface area (Å²) in [5, 5.41) is 12.4. The lowest BCUT2D eigenvalue weighted by molar-refractivity contribution is 0.120. The van der Waals surface area contributed by atoms with Crippen LogP contribution in [-0.2, 0) is 4.74 Å². The maximum atomic E-state index is 9.10. The van der Waals surface area contributed by atoms with Gasteiger partial charge in [0.1, 0.15) is 0 Å². The Hall–Kier alpha value is -0.630. The highest BCUT2D eigenvalue weighted by molar-refractivity contribution is 4.91. The van der Waals surface area contributed by atoms with Crippen LogP contribution in [0, 0.1) is 11.3 Å². The van der Waals surface area contributed by atoms with E-state index < -0.39 is 0 Å². The van der Waals surface area contributed by atoms with Crippen LogP contribution < -0.4 is 5.32 Å². The minimum atomic E-state index is -0.0564. The third kappa shape index (κ3) is 7.65. The van der Waals surface area contributed by atoms with Gasteiger partial charge in [0.2, 0.25) is 0 Å². The Labute approximate surface area is 112 Å². The van der Waals surface area contributed by atoms with Crippen molar-refractivity contribution >= 4 is 0 Å². The van der Waals surface area contributed by atoms with Crippen LogP contribution in [0.15, 0.2) is 0 Å². The largest absolute Gasteiger partial charge is 0.383 e. The van der Waals surface area contributed by atoms with Gasteiger partial charge in [-0.05, 0) is 33.6 Å². The third-order valence-corrected chi connectivity index (χ3v) is 3.19. The molecule has 106 valence electrons. The number of hydrogen-bond acceptors (Lipinski definition) is 4. The molecule has 0 bridgehead atoms. The Morgan fingerprint density at radius 2 is 1.94 bits per heavy atom. The quantitative estimate of drug-likeness (QED) is 0.649. The fraction of sp³-hybridized carbons (Fsp3) is 0.929. The summed E-state index contributed by atoms with van der Waals surface area (Å²) >= 11 is 0. The number of methoxy groups -OCH3 is 1. The summed E-state index contributed by atoms with van der Waals surface area (Å²) in [5.41, 5.74) is 0. The van der Waals surface area contributed by atoms with E-state index in [0.29, 0.717) is 12.1 Å². The zero-order valence-corrected chi connectivity index (χ0v) is 12.6. The average Bonchev–Trinajstić information content (AvgIpc) is 2.35. The second-order valence-corrected chi connectivity index (χ2v) is 5.08. The molecule has 4 heteroatoms. The molecule has 0 saturated carbocycles. The van der Waals surface area contributed by atoms with E-state index in [1.807, 2.05) is 0 Å². The van der Waals surface area contributed by atoms with Gasteiger partial charge in [0, 0.05) is 32.3 Å². The molecule has 0 aromatic carbocycles. The van der Waals surface area contributed by atoms with Crippen molar-refractivity contribution in [3.63, 3.8) is 0 Å². The molecule has 0 saturated heterocycles. The predicted octanol–water partition coefficient (Wildman–Crippen LogP) is 2.01. The lowest BCUT2D eigenvalue weighted by atomic mass is 10.1. The number of nitrogens with one attached hydrogen (secondary N) is 1. The standard InChI is InChI=1S/C14H29N3O/c1-6-13(4)17(9-10-18-5)8-7-14(11-15)16-12(2)3/h12-14,16H,6-10H2,1-5H3. The molecule has 0 spiro atoms. The van der Waals surface area contributed by atoms with E-state index in [1.165, 1.54) is 0 Å². The molecular formula is C14H29N3O. The van der Waals surface area contributed by atoms with Crippen LogP contribution >= 0.6 is 0 Å². The highest BCUT2D eigenvalue weighted by Crippen LogP contribution is 2.06. The molecular weight excluding hydrogens is 226 g/mol. The van der Waals surface area contributed by atoms with Crippen molar-refractivity contribution in [3.8, 4) is 6.07 Å². The van der Waals surface area contributed by atoms with Gasteiger partial charge in [-0.1, -0.05) is 6.92 Å². The molecule has 1 N–H and O–H groups in total. The van der Waals surface area contributed by atoms with Crippen LogP contribution in [0.4, 0.5) is 0 Å². The Bertz CT molecular complexity index is 238. The summed E-state index contributed by atoms with van der Waals surface area (Å²) in [6, 6.07) is 3.17. The molecule has 18 heavy (non-hydrogen) atoms. The van der Waals surface area contributed by atoms with E-state index in [9.17, 15) is 0 Å². The molecule has 4 nitrogen and oxygen atoms in total. The van der Waals surface area contributed by atoms with E-state index in [4.69, 9.17) is 10.00 Å². The van der Waals surface area contributed by atoms with Gasteiger partial charge in [0.05, 0.1) is 18.7 Å². The highest BCUT2D eigenvalue weighted by Gasteiger charge is 2.15. The zero-order chi connectivity index (χ0) is 14.0. The van der Waals surface area contributed by atoms with Crippen LogP contribution in [0.25, 0.3) is 0 Å². The van der Waals surface area contributed by atoms with Gasteiger partial charge in [-0.15, -0.1) is 0 Å². The van der Waals surface area contributed by atoms with Crippen molar-refractivity contribution in [2.24, 2.45) is 0 Å². The van der Waals surface area contributed by atoms with Gasteiger partial charge in [-0.2, -0.15) is 5.26 Å². The molecule has 2 unspecified atom stereocenters. The molecule has 2 atom stereocenters. The fourth-order valence-electron chi connectivity index (χ4n) is 1.90. The Morgan fingerprint density at radius 1 is 1.28 bits per heavy atom. The summed E-state index contributed by atoms with van der Waals surface area (Å²) in [4.78, 5) is 2.40. The van der Waals surface area contributed by atoms with Crippen molar-refractivity contribution in [3.05, 3.63) is 0 Å². The molecule has 0 heterocycles. The fourth-order valence-corrected chi connectivity index (χ4v) is 1.90. The average molecular weight is 255 g/mol. The van der Waals surface area contributed by atoms with Crippen LogP contribution in [0.3, 0.4) is 0 Å². The van der Waals surface area contributed by atoms with Gasteiger partial charge in [0.25, 0.3) is 0 Å². The normalized spacial score (nSPS) is 14.8. The summed E-state index contributed by atoms with van der Waals surface area (Å²) in [6.07, 6.45) is 1.99. The van der Waals surface area contributed by atoms with E-state index in [1.54, 1.807) is 7.11 Å². The van der Waals surface area contributed by atoms with E-state index in [2.05, 4.69) is 44.0 Å². The smallest absolute Gasteiger partial charge is 0.0967 e. The number of hydrogen-bond donors (Lipinski definition) is 1. The summed E-state index contributed by atoms with van der Waals surface area (Å²) < 4.78 is 5.14. The van der Waals surface area contributed by atoms with Crippen molar-refractivity contribution in [2.75, 3.05) is 26.8 Å². The SMILES string of the molecule is CCC(C)N(CCOC)CCC(C#N)NC(C)C. The van der Waals surface area contributed by atoms with Crippen LogP contribution in [0.5, 0.6) is 0 Å². The highest BCUT2D eigenvalue weighted by atomic mass is 16.5. The molecule has 0 aromatic heterocycles. The van der Waals surface area contributed by atoms with Crippen LogP contribution in [0.1, 0.15) is 40.5 Å². The number of ether oxygens (including phenoxy) is 1. The first-order valence-corrected chi connectivity index (χ1v) is 6.93. The molecule has 0 amide bonds. The molecule has 0 aliphatic heterocycles. The van der Waals surface area contributed by atoms with Crippen molar-refractivity contribution in [2.45, 2.75) is 58.7 Å². The lowest BCUT2D eigenvalue weighted by Crippen LogP contribution is -2.41.